The molecular formula is C20H23NO2. The fraction of sp³-hybridized carbons (Fsp3) is 0.350. The van der Waals surface area contributed by atoms with Gasteiger partial charge in [-0.1, -0.05) is 36.4 Å². The molecule has 120 valence electrons. The van der Waals surface area contributed by atoms with Gasteiger partial charge in [0.2, 0.25) is 5.91 Å². The number of carbonyl (C=O) groups is 1. The van der Waals surface area contributed by atoms with Gasteiger partial charge in [0, 0.05) is 0 Å². The van der Waals surface area contributed by atoms with Crippen LogP contribution in [0.3, 0.4) is 0 Å². The predicted octanol–water partition coefficient (Wildman–Crippen LogP) is 3.74. The summed E-state index contributed by atoms with van der Waals surface area (Å²) in [5.74, 6) is 0.937. The maximum Gasteiger partial charge on any atom is 0.224 e. The van der Waals surface area contributed by atoms with Gasteiger partial charge in [-0.15, -0.1) is 0 Å². The van der Waals surface area contributed by atoms with Crippen LogP contribution in [0.2, 0.25) is 0 Å². The minimum absolute atomic E-state index is 0.0799. The van der Waals surface area contributed by atoms with Crippen molar-refractivity contribution < 1.29 is 9.53 Å². The van der Waals surface area contributed by atoms with E-state index in [-0.39, 0.29) is 11.9 Å². The molecule has 2 aromatic rings. The second kappa shape index (κ2) is 6.86. The molecule has 3 rings (SSSR count). The number of aryl methyl sites for hydroxylation is 2. The average molecular weight is 309 g/mol. The summed E-state index contributed by atoms with van der Waals surface area (Å²) < 4.78 is 5.26. The van der Waals surface area contributed by atoms with Gasteiger partial charge in [0.05, 0.1) is 19.6 Å². The summed E-state index contributed by atoms with van der Waals surface area (Å²) in [6.45, 7) is 2.00. The van der Waals surface area contributed by atoms with Crippen LogP contribution in [0, 0.1) is 6.92 Å². The highest BCUT2D eigenvalue weighted by Crippen LogP contribution is 2.29. The second-order valence-electron chi connectivity index (χ2n) is 6.19. The van der Waals surface area contributed by atoms with E-state index in [1.54, 1.807) is 7.11 Å². The molecule has 1 atom stereocenters. The first-order valence-corrected chi connectivity index (χ1v) is 8.18. The maximum atomic E-state index is 12.4. The first-order chi connectivity index (χ1) is 11.2. The fourth-order valence-electron chi connectivity index (χ4n) is 3.39. The summed E-state index contributed by atoms with van der Waals surface area (Å²) in [6.07, 6.45) is 3.66. The van der Waals surface area contributed by atoms with Gasteiger partial charge in [-0.2, -0.15) is 0 Å². The molecule has 23 heavy (non-hydrogen) atoms. The third kappa shape index (κ3) is 3.55. The van der Waals surface area contributed by atoms with Crippen LogP contribution >= 0.6 is 0 Å². The summed E-state index contributed by atoms with van der Waals surface area (Å²) in [5.41, 5.74) is 4.72. The zero-order chi connectivity index (χ0) is 16.2. The van der Waals surface area contributed by atoms with E-state index in [0.29, 0.717) is 6.42 Å². The molecule has 0 unspecified atom stereocenters. The van der Waals surface area contributed by atoms with E-state index in [9.17, 15) is 4.79 Å². The molecule has 1 amide bonds. The van der Waals surface area contributed by atoms with Crippen molar-refractivity contribution in [1.82, 2.24) is 5.32 Å². The largest absolute Gasteiger partial charge is 0.496 e. The number of rotatable bonds is 4. The van der Waals surface area contributed by atoms with Crippen LogP contribution in [-0.2, 0) is 17.6 Å². The summed E-state index contributed by atoms with van der Waals surface area (Å²) in [4.78, 5) is 12.4. The van der Waals surface area contributed by atoms with Gasteiger partial charge >= 0.3 is 0 Å². The second-order valence-corrected chi connectivity index (χ2v) is 6.19. The smallest absolute Gasteiger partial charge is 0.224 e. The Labute approximate surface area is 137 Å². The number of benzene rings is 2. The van der Waals surface area contributed by atoms with Crippen LogP contribution in [0.5, 0.6) is 5.75 Å². The van der Waals surface area contributed by atoms with E-state index >= 15 is 0 Å². The van der Waals surface area contributed by atoms with Crippen molar-refractivity contribution in [2.24, 2.45) is 0 Å². The Bertz CT molecular complexity index is 709. The van der Waals surface area contributed by atoms with Crippen molar-refractivity contribution in [1.29, 1.82) is 0 Å². The van der Waals surface area contributed by atoms with E-state index in [4.69, 9.17) is 4.74 Å². The Morgan fingerprint density at radius 3 is 2.87 bits per heavy atom. The van der Waals surface area contributed by atoms with Crippen molar-refractivity contribution in [3.05, 3.63) is 64.7 Å². The molecule has 1 aliphatic rings. The van der Waals surface area contributed by atoms with E-state index in [2.05, 4.69) is 29.6 Å². The highest BCUT2D eigenvalue weighted by molar-refractivity contribution is 5.79. The van der Waals surface area contributed by atoms with E-state index in [1.807, 2.05) is 25.1 Å². The minimum Gasteiger partial charge on any atom is -0.496 e. The monoisotopic (exact) mass is 309 g/mol. The van der Waals surface area contributed by atoms with Crippen molar-refractivity contribution in [3.63, 3.8) is 0 Å². The molecule has 1 aliphatic carbocycles. The number of nitrogens with one attached hydrogen (secondary N) is 1. The van der Waals surface area contributed by atoms with Crippen molar-refractivity contribution in [2.45, 2.75) is 38.6 Å². The number of carbonyl (C=O) groups excluding carboxylic acids is 1. The Morgan fingerprint density at radius 2 is 2.09 bits per heavy atom. The van der Waals surface area contributed by atoms with E-state index in [0.717, 1.165) is 36.1 Å². The lowest BCUT2D eigenvalue weighted by Gasteiger charge is -2.26. The highest BCUT2D eigenvalue weighted by Gasteiger charge is 2.21. The van der Waals surface area contributed by atoms with Crippen LogP contribution in [0.4, 0.5) is 0 Å². The summed E-state index contributed by atoms with van der Waals surface area (Å²) >= 11 is 0. The number of hydrogen-bond acceptors (Lipinski definition) is 2. The normalized spacial score (nSPS) is 16.5. The van der Waals surface area contributed by atoms with Gasteiger partial charge < -0.3 is 10.1 Å². The van der Waals surface area contributed by atoms with Gasteiger partial charge in [-0.3, -0.25) is 4.79 Å². The van der Waals surface area contributed by atoms with Crippen molar-refractivity contribution in [3.8, 4) is 5.75 Å². The van der Waals surface area contributed by atoms with Crippen LogP contribution in [0.15, 0.2) is 42.5 Å². The Kier molecular flexibility index (Phi) is 4.65. The van der Waals surface area contributed by atoms with E-state index < -0.39 is 0 Å². The first-order valence-electron chi connectivity index (χ1n) is 8.18. The maximum absolute atomic E-state index is 12.4. The van der Waals surface area contributed by atoms with Crippen molar-refractivity contribution >= 4 is 5.91 Å². The van der Waals surface area contributed by atoms with Crippen LogP contribution in [0.25, 0.3) is 0 Å². The lowest BCUT2D eigenvalue weighted by Crippen LogP contribution is -2.32. The molecule has 3 heteroatoms. The van der Waals surface area contributed by atoms with Gasteiger partial charge in [0.25, 0.3) is 0 Å². The Hall–Kier alpha value is -2.29. The molecule has 0 aliphatic heterocycles. The number of amides is 1. The third-order valence-electron chi connectivity index (χ3n) is 4.53. The number of ether oxygens (including phenoxy) is 1. The van der Waals surface area contributed by atoms with Crippen LogP contribution in [0.1, 0.15) is 41.1 Å². The highest BCUT2D eigenvalue weighted by atomic mass is 16.5. The van der Waals surface area contributed by atoms with Gasteiger partial charge in [-0.05, 0) is 54.5 Å². The summed E-state index contributed by atoms with van der Waals surface area (Å²) in [6, 6.07) is 14.5. The third-order valence-corrected chi connectivity index (χ3v) is 4.53. The molecule has 0 fully saturated rings. The van der Waals surface area contributed by atoms with Gasteiger partial charge in [0.1, 0.15) is 5.75 Å². The van der Waals surface area contributed by atoms with E-state index in [1.165, 1.54) is 11.1 Å². The summed E-state index contributed by atoms with van der Waals surface area (Å²) in [7, 11) is 1.66. The first kappa shape index (κ1) is 15.6. The zero-order valence-electron chi connectivity index (χ0n) is 13.8. The Balaban J connectivity index is 1.67. The lowest BCUT2D eigenvalue weighted by atomic mass is 9.87. The predicted molar refractivity (Wildman–Crippen MR) is 91.7 cm³/mol. The molecule has 2 aromatic carbocycles. The molecule has 0 bridgehead atoms. The fourth-order valence-corrected chi connectivity index (χ4v) is 3.39. The Morgan fingerprint density at radius 1 is 1.26 bits per heavy atom. The molecule has 0 aromatic heterocycles. The van der Waals surface area contributed by atoms with Crippen LogP contribution < -0.4 is 10.1 Å². The number of hydrogen-bond donors (Lipinski definition) is 1. The molecule has 3 nitrogen and oxygen atoms in total. The molecule has 0 saturated heterocycles. The zero-order valence-corrected chi connectivity index (χ0v) is 13.8. The lowest BCUT2D eigenvalue weighted by molar-refractivity contribution is -0.121. The SMILES string of the molecule is COc1ccc(CC(=O)N[C@@H]2CCCc3ccccc32)cc1C. The number of fused-ring (bicyclic) bond motifs is 1. The molecule has 0 spiro atoms. The quantitative estimate of drug-likeness (QED) is 0.934. The van der Waals surface area contributed by atoms with Gasteiger partial charge in [-0.25, -0.2) is 0 Å². The topological polar surface area (TPSA) is 38.3 Å². The average Bonchev–Trinajstić information content (AvgIpc) is 2.55. The minimum atomic E-state index is 0.0799. The molecule has 1 N–H and O–H groups in total. The molecule has 0 saturated carbocycles. The van der Waals surface area contributed by atoms with Gasteiger partial charge in [0.15, 0.2) is 0 Å². The molecule has 0 radical (unpaired) electrons. The molecular weight excluding hydrogens is 286 g/mol. The molecule has 0 heterocycles. The summed E-state index contributed by atoms with van der Waals surface area (Å²) in [5, 5.41) is 3.20. The number of methoxy groups -OCH3 is 1. The van der Waals surface area contributed by atoms with Crippen LogP contribution in [-0.4, -0.2) is 13.0 Å². The van der Waals surface area contributed by atoms with Crippen molar-refractivity contribution in [2.75, 3.05) is 7.11 Å². The standard InChI is InChI=1S/C20H23NO2/c1-14-12-15(10-11-19(14)23-2)13-20(22)21-18-9-5-7-16-6-3-4-8-17(16)18/h3-4,6,8,10-12,18H,5,7,9,13H2,1-2H3,(H,21,22)/t18-/m1/s1.